The van der Waals surface area contributed by atoms with Gasteiger partial charge in [-0.1, -0.05) is 5.21 Å². The molecule has 1 saturated heterocycles. The standard InChI is InChI=1S/C13H23N5O2/c1-11-9-18(16-15-11)6-4-14-13(19)12-3-5-17(10-12)7-8-20-2/h9,12H,3-8,10H2,1-2H3,(H,14,19)/t12-/m0/s1. The maximum Gasteiger partial charge on any atom is 0.224 e. The first kappa shape index (κ1) is 14.9. The van der Waals surface area contributed by atoms with Crippen LogP contribution in [0.4, 0.5) is 0 Å². The van der Waals surface area contributed by atoms with Gasteiger partial charge in [0.25, 0.3) is 0 Å². The SMILES string of the molecule is COCCN1CC[C@H](C(=O)NCCn2cc(C)nn2)C1. The number of rotatable bonds is 7. The molecule has 1 aliphatic heterocycles. The van der Waals surface area contributed by atoms with Crippen LogP contribution in [0.25, 0.3) is 0 Å². The molecule has 0 aromatic carbocycles. The third-order valence-electron chi connectivity index (χ3n) is 3.55. The van der Waals surface area contributed by atoms with Gasteiger partial charge < -0.3 is 15.0 Å². The number of nitrogens with zero attached hydrogens (tertiary/aromatic N) is 4. The maximum absolute atomic E-state index is 12.0. The molecule has 0 saturated carbocycles. The van der Waals surface area contributed by atoms with Gasteiger partial charge >= 0.3 is 0 Å². The smallest absolute Gasteiger partial charge is 0.224 e. The summed E-state index contributed by atoms with van der Waals surface area (Å²) < 4.78 is 6.80. The molecule has 2 heterocycles. The first-order chi connectivity index (χ1) is 9.69. The lowest BCUT2D eigenvalue weighted by Crippen LogP contribution is -2.35. The Bertz CT molecular complexity index is 434. The minimum atomic E-state index is 0.101. The summed E-state index contributed by atoms with van der Waals surface area (Å²) in [5, 5.41) is 10.8. The molecule has 0 bridgehead atoms. The first-order valence-electron chi connectivity index (χ1n) is 7.05. The van der Waals surface area contributed by atoms with Crippen molar-refractivity contribution in [1.82, 2.24) is 25.2 Å². The molecule has 1 N–H and O–H groups in total. The number of likely N-dealkylation sites (tertiary alicyclic amines) is 1. The Kier molecular flexibility index (Phi) is 5.49. The number of amides is 1. The summed E-state index contributed by atoms with van der Waals surface area (Å²) in [6.07, 6.45) is 2.80. The van der Waals surface area contributed by atoms with E-state index in [1.54, 1.807) is 11.8 Å². The number of methoxy groups -OCH3 is 1. The van der Waals surface area contributed by atoms with Crippen LogP contribution in [0.15, 0.2) is 6.20 Å². The van der Waals surface area contributed by atoms with E-state index in [1.807, 2.05) is 13.1 Å². The zero-order chi connectivity index (χ0) is 14.4. The van der Waals surface area contributed by atoms with Crippen molar-refractivity contribution in [3.05, 3.63) is 11.9 Å². The van der Waals surface area contributed by atoms with Gasteiger partial charge in [-0.15, -0.1) is 5.10 Å². The molecular formula is C13H23N5O2. The summed E-state index contributed by atoms with van der Waals surface area (Å²) in [4.78, 5) is 14.3. The summed E-state index contributed by atoms with van der Waals surface area (Å²) in [6, 6.07) is 0. The second-order valence-electron chi connectivity index (χ2n) is 5.19. The lowest BCUT2D eigenvalue weighted by molar-refractivity contribution is -0.124. The fourth-order valence-corrected chi connectivity index (χ4v) is 2.41. The van der Waals surface area contributed by atoms with E-state index in [0.29, 0.717) is 13.1 Å². The van der Waals surface area contributed by atoms with Gasteiger partial charge in [0.2, 0.25) is 5.91 Å². The minimum absolute atomic E-state index is 0.101. The Morgan fingerprint density at radius 1 is 1.55 bits per heavy atom. The molecule has 7 nitrogen and oxygen atoms in total. The van der Waals surface area contributed by atoms with Gasteiger partial charge in [-0.25, -0.2) is 0 Å². The van der Waals surface area contributed by atoms with Crippen LogP contribution >= 0.6 is 0 Å². The summed E-state index contributed by atoms with van der Waals surface area (Å²) in [7, 11) is 1.70. The van der Waals surface area contributed by atoms with Crippen LogP contribution in [0.1, 0.15) is 12.1 Å². The highest BCUT2D eigenvalue weighted by Gasteiger charge is 2.27. The highest BCUT2D eigenvalue weighted by Crippen LogP contribution is 2.15. The number of carbonyl (C=O) groups excluding carboxylic acids is 1. The van der Waals surface area contributed by atoms with E-state index in [1.165, 1.54) is 0 Å². The Morgan fingerprint density at radius 2 is 2.40 bits per heavy atom. The summed E-state index contributed by atoms with van der Waals surface area (Å²) in [5.41, 5.74) is 0.890. The zero-order valence-corrected chi connectivity index (χ0v) is 12.2. The van der Waals surface area contributed by atoms with Gasteiger partial charge in [-0.05, 0) is 19.9 Å². The minimum Gasteiger partial charge on any atom is -0.383 e. The topological polar surface area (TPSA) is 72.3 Å². The van der Waals surface area contributed by atoms with Crippen molar-refractivity contribution in [3.8, 4) is 0 Å². The van der Waals surface area contributed by atoms with Gasteiger partial charge in [0.15, 0.2) is 0 Å². The summed E-state index contributed by atoms with van der Waals surface area (Å²) in [5.74, 6) is 0.242. The molecule has 1 aliphatic rings. The lowest BCUT2D eigenvalue weighted by atomic mass is 10.1. The Morgan fingerprint density at radius 3 is 3.10 bits per heavy atom. The largest absolute Gasteiger partial charge is 0.383 e. The van der Waals surface area contributed by atoms with Gasteiger partial charge in [-0.3, -0.25) is 9.48 Å². The molecule has 7 heteroatoms. The quantitative estimate of drug-likeness (QED) is 0.741. The van der Waals surface area contributed by atoms with Gasteiger partial charge in [0.05, 0.1) is 24.8 Å². The van der Waals surface area contributed by atoms with Crippen molar-refractivity contribution in [1.29, 1.82) is 0 Å². The zero-order valence-electron chi connectivity index (χ0n) is 12.2. The van der Waals surface area contributed by atoms with E-state index in [0.717, 1.165) is 38.4 Å². The molecule has 0 spiro atoms. The predicted octanol–water partition coefficient (Wildman–Crippen LogP) is -0.329. The number of ether oxygens (including phenoxy) is 1. The van der Waals surface area contributed by atoms with E-state index in [-0.39, 0.29) is 11.8 Å². The highest BCUT2D eigenvalue weighted by atomic mass is 16.5. The molecular weight excluding hydrogens is 258 g/mol. The number of aryl methyl sites for hydroxylation is 1. The van der Waals surface area contributed by atoms with Crippen LogP contribution in [0.3, 0.4) is 0 Å². The average Bonchev–Trinajstić information content (AvgIpc) is 3.05. The van der Waals surface area contributed by atoms with Crippen LogP contribution in [-0.2, 0) is 16.1 Å². The maximum atomic E-state index is 12.0. The van der Waals surface area contributed by atoms with Crippen molar-refractivity contribution in [2.45, 2.75) is 19.9 Å². The normalized spacial score (nSPS) is 19.4. The van der Waals surface area contributed by atoms with Crippen LogP contribution < -0.4 is 5.32 Å². The monoisotopic (exact) mass is 281 g/mol. The van der Waals surface area contributed by atoms with Crippen LogP contribution in [0.5, 0.6) is 0 Å². The van der Waals surface area contributed by atoms with Crippen LogP contribution in [0, 0.1) is 12.8 Å². The van der Waals surface area contributed by atoms with Crippen molar-refractivity contribution in [3.63, 3.8) is 0 Å². The Balaban J connectivity index is 1.65. The molecule has 1 aromatic heterocycles. The predicted molar refractivity (Wildman–Crippen MR) is 74.2 cm³/mol. The number of hydrogen-bond acceptors (Lipinski definition) is 5. The summed E-state index contributed by atoms with van der Waals surface area (Å²) in [6.45, 7) is 6.58. The van der Waals surface area contributed by atoms with E-state index in [2.05, 4.69) is 20.5 Å². The number of hydrogen-bond donors (Lipinski definition) is 1. The Hall–Kier alpha value is -1.47. The summed E-state index contributed by atoms with van der Waals surface area (Å²) >= 11 is 0. The fraction of sp³-hybridized carbons (Fsp3) is 0.769. The highest BCUT2D eigenvalue weighted by molar-refractivity contribution is 5.79. The fourth-order valence-electron chi connectivity index (χ4n) is 2.41. The lowest BCUT2D eigenvalue weighted by Gasteiger charge is -2.15. The van der Waals surface area contributed by atoms with Gasteiger partial charge in [0, 0.05) is 32.9 Å². The molecule has 0 aliphatic carbocycles. The van der Waals surface area contributed by atoms with E-state index >= 15 is 0 Å². The molecule has 0 radical (unpaired) electrons. The number of nitrogens with one attached hydrogen (secondary N) is 1. The molecule has 2 rings (SSSR count). The van der Waals surface area contributed by atoms with Crippen molar-refractivity contribution in [2.24, 2.45) is 5.92 Å². The molecule has 1 aromatic rings. The molecule has 1 atom stereocenters. The van der Waals surface area contributed by atoms with Gasteiger partial charge in [0.1, 0.15) is 0 Å². The molecule has 112 valence electrons. The third kappa shape index (κ3) is 4.28. The average molecular weight is 281 g/mol. The van der Waals surface area contributed by atoms with Crippen molar-refractivity contribution < 1.29 is 9.53 Å². The third-order valence-corrected chi connectivity index (χ3v) is 3.55. The number of aromatic nitrogens is 3. The molecule has 20 heavy (non-hydrogen) atoms. The molecule has 0 unspecified atom stereocenters. The van der Waals surface area contributed by atoms with Crippen molar-refractivity contribution >= 4 is 5.91 Å². The number of carbonyl (C=O) groups is 1. The second kappa shape index (κ2) is 7.35. The Labute approximate surface area is 119 Å². The van der Waals surface area contributed by atoms with E-state index in [9.17, 15) is 4.79 Å². The van der Waals surface area contributed by atoms with Crippen LogP contribution in [-0.4, -0.2) is 65.7 Å². The molecule has 1 fully saturated rings. The molecule has 1 amide bonds. The second-order valence-corrected chi connectivity index (χ2v) is 5.19. The van der Waals surface area contributed by atoms with E-state index < -0.39 is 0 Å². The van der Waals surface area contributed by atoms with E-state index in [4.69, 9.17) is 4.74 Å². The van der Waals surface area contributed by atoms with Gasteiger partial charge in [-0.2, -0.15) is 0 Å². The van der Waals surface area contributed by atoms with Crippen LogP contribution in [0.2, 0.25) is 0 Å². The van der Waals surface area contributed by atoms with Crippen molar-refractivity contribution in [2.75, 3.05) is 39.9 Å². The first-order valence-corrected chi connectivity index (χ1v) is 7.05.